The van der Waals surface area contributed by atoms with Crippen LogP contribution in [0.2, 0.25) is 0 Å². The first-order valence-corrected chi connectivity index (χ1v) is 8.06. The van der Waals surface area contributed by atoms with Gasteiger partial charge in [-0.2, -0.15) is 0 Å². The van der Waals surface area contributed by atoms with Gasteiger partial charge in [0.15, 0.2) is 0 Å². The smallest absolute Gasteiger partial charge is 0.386 e. The molecule has 0 fully saturated rings. The lowest BCUT2D eigenvalue weighted by molar-refractivity contribution is 0.285. The molecule has 0 saturated carbocycles. The molecule has 0 heterocycles. The zero-order chi connectivity index (χ0) is 9.90. The van der Waals surface area contributed by atoms with Gasteiger partial charge in [-0.25, -0.2) is 0 Å². The molecule has 72 valence electrons. The average molecular weight is 261 g/mol. The summed E-state index contributed by atoms with van der Waals surface area (Å²) >= 11 is 3.51. The van der Waals surface area contributed by atoms with E-state index >= 15 is 0 Å². The third kappa shape index (κ3) is 2.40. The Morgan fingerprint density at radius 3 is 1.92 bits per heavy atom. The predicted octanol–water partition coefficient (Wildman–Crippen LogP) is 1.83. The van der Waals surface area contributed by atoms with Crippen LogP contribution in [-0.2, 0) is 8.85 Å². The number of halogens is 1. The van der Waals surface area contributed by atoms with Gasteiger partial charge in [0.1, 0.15) is 0 Å². The number of hydrogen-bond acceptors (Lipinski definition) is 2. The minimum Gasteiger partial charge on any atom is -0.386 e. The molecule has 4 heteroatoms. The van der Waals surface area contributed by atoms with Crippen molar-refractivity contribution in [3.63, 3.8) is 0 Å². The van der Waals surface area contributed by atoms with Crippen LogP contribution >= 0.6 is 15.3 Å². The Labute approximate surface area is 87.7 Å². The molecule has 0 atom stereocenters. The molecule has 0 amide bonds. The molecule has 0 radical (unpaired) electrons. The molecule has 0 N–H and O–H groups in total. The largest absolute Gasteiger partial charge is 0.448 e. The molecule has 1 rings (SSSR count). The zero-order valence-corrected chi connectivity index (χ0v) is 10.6. The van der Waals surface area contributed by atoms with Crippen molar-refractivity contribution in [2.45, 2.75) is 6.92 Å². The van der Waals surface area contributed by atoms with Crippen molar-refractivity contribution >= 4 is 27.7 Å². The van der Waals surface area contributed by atoms with E-state index in [9.17, 15) is 0 Å². The lowest BCUT2D eigenvalue weighted by Crippen LogP contribution is -2.46. The summed E-state index contributed by atoms with van der Waals surface area (Å²) in [6, 6.07) is 8.17. The Balaban J connectivity index is 2.99. The van der Waals surface area contributed by atoms with Crippen molar-refractivity contribution in [1.82, 2.24) is 0 Å². The fourth-order valence-corrected chi connectivity index (χ4v) is 3.07. The Morgan fingerprint density at radius 2 is 1.54 bits per heavy atom. The lowest BCUT2D eigenvalue weighted by atomic mass is 10.2. The van der Waals surface area contributed by atoms with Crippen LogP contribution in [0, 0.1) is 6.92 Å². The first kappa shape index (κ1) is 10.9. The van der Waals surface area contributed by atoms with Crippen LogP contribution in [-0.4, -0.2) is 21.4 Å². The summed E-state index contributed by atoms with van der Waals surface area (Å²) in [5.41, 5.74) is 1.24. The van der Waals surface area contributed by atoms with Gasteiger partial charge in [-0.05, 0) is 6.92 Å². The van der Waals surface area contributed by atoms with Crippen molar-refractivity contribution < 1.29 is 8.85 Å². The SMILES string of the molecule is CO[Si](Br)(OC)c1ccc(C)cc1. The molecule has 0 saturated heterocycles. The number of hydrogen-bond donors (Lipinski definition) is 0. The molecule has 1 aromatic rings. The second kappa shape index (κ2) is 4.37. The quantitative estimate of drug-likeness (QED) is 0.610. The van der Waals surface area contributed by atoms with E-state index in [1.807, 2.05) is 12.1 Å². The van der Waals surface area contributed by atoms with Gasteiger partial charge < -0.3 is 8.85 Å². The Morgan fingerprint density at radius 1 is 1.08 bits per heavy atom. The molecule has 0 aromatic heterocycles. The summed E-state index contributed by atoms with van der Waals surface area (Å²) in [6.07, 6.45) is 0. The van der Waals surface area contributed by atoms with Crippen LogP contribution in [0.25, 0.3) is 0 Å². The second-order valence-electron chi connectivity index (χ2n) is 2.81. The summed E-state index contributed by atoms with van der Waals surface area (Å²) in [6.45, 7) is 2.06. The fraction of sp³-hybridized carbons (Fsp3) is 0.333. The van der Waals surface area contributed by atoms with Crippen LogP contribution < -0.4 is 5.19 Å². The maximum atomic E-state index is 5.35. The highest BCUT2D eigenvalue weighted by atomic mass is 79.9. The monoisotopic (exact) mass is 260 g/mol. The van der Waals surface area contributed by atoms with Crippen LogP contribution in [0.4, 0.5) is 0 Å². The highest BCUT2D eigenvalue weighted by molar-refractivity contribution is 9.26. The molecule has 0 unspecified atom stereocenters. The molecule has 1 aromatic carbocycles. The van der Waals surface area contributed by atoms with Crippen molar-refractivity contribution in [2.24, 2.45) is 0 Å². The van der Waals surface area contributed by atoms with Gasteiger partial charge >= 0.3 is 7.18 Å². The molecular weight excluding hydrogens is 248 g/mol. The number of aryl methyl sites for hydroxylation is 1. The maximum Gasteiger partial charge on any atom is 0.448 e. The number of rotatable bonds is 3. The van der Waals surface area contributed by atoms with Gasteiger partial charge in [0, 0.05) is 19.4 Å². The van der Waals surface area contributed by atoms with Crippen molar-refractivity contribution in [1.29, 1.82) is 0 Å². The first-order valence-electron chi connectivity index (χ1n) is 3.99. The van der Waals surface area contributed by atoms with Crippen LogP contribution in [0.3, 0.4) is 0 Å². The van der Waals surface area contributed by atoms with Crippen molar-refractivity contribution in [3.8, 4) is 0 Å². The summed E-state index contributed by atoms with van der Waals surface area (Å²) in [5.74, 6) is 0. The molecule has 0 bridgehead atoms. The maximum absolute atomic E-state index is 5.35. The van der Waals surface area contributed by atoms with E-state index in [4.69, 9.17) is 8.85 Å². The van der Waals surface area contributed by atoms with Crippen LogP contribution in [0.1, 0.15) is 5.56 Å². The Kier molecular flexibility index (Phi) is 3.67. The number of benzene rings is 1. The van der Waals surface area contributed by atoms with Crippen molar-refractivity contribution in [2.75, 3.05) is 14.2 Å². The van der Waals surface area contributed by atoms with Gasteiger partial charge in [-0.1, -0.05) is 45.1 Å². The van der Waals surface area contributed by atoms with E-state index in [1.165, 1.54) is 5.56 Å². The topological polar surface area (TPSA) is 18.5 Å². The van der Waals surface area contributed by atoms with Gasteiger partial charge in [0.2, 0.25) is 0 Å². The minimum atomic E-state index is -2.28. The average Bonchev–Trinajstić information content (AvgIpc) is 2.18. The van der Waals surface area contributed by atoms with Gasteiger partial charge in [-0.15, -0.1) is 0 Å². The normalized spacial score (nSPS) is 11.7. The third-order valence-corrected chi connectivity index (χ3v) is 7.31. The van der Waals surface area contributed by atoms with E-state index < -0.39 is 7.18 Å². The predicted molar refractivity (Wildman–Crippen MR) is 59.5 cm³/mol. The Hall–Kier alpha value is -0.163. The molecular formula is C9H13BrO2Si. The van der Waals surface area contributed by atoms with E-state index in [0.29, 0.717) is 0 Å². The molecule has 0 aliphatic rings. The zero-order valence-electron chi connectivity index (χ0n) is 8.00. The van der Waals surface area contributed by atoms with Gasteiger partial charge in [0.25, 0.3) is 0 Å². The highest BCUT2D eigenvalue weighted by Crippen LogP contribution is 2.13. The Bertz CT molecular complexity index is 269. The fourth-order valence-electron chi connectivity index (χ4n) is 1.07. The minimum absolute atomic E-state index is 1.09. The molecule has 2 nitrogen and oxygen atoms in total. The molecule has 0 aliphatic heterocycles. The summed E-state index contributed by atoms with van der Waals surface area (Å²) < 4.78 is 10.7. The molecule has 0 spiro atoms. The lowest BCUT2D eigenvalue weighted by Gasteiger charge is -2.20. The third-order valence-electron chi connectivity index (χ3n) is 1.92. The first-order chi connectivity index (χ1) is 6.12. The van der Waals surface area contributed by atoms with E-state index in [1.54, 1.807) is 14.2 Å². The van der Waals surface area contributed by atoms with Gasteiger partial charge in [0.05, 0.1) is 0 Å². The summed E-state index contributed by atoms with van der Waals surface area (Å²) in [5, 5.41) is 1.09. The van der Waals surface area contributed by atoms with E-state index in [2.05, 4.69) is 34.3 Å². The molecule has 13 heavy (non-hydrogen) atoms. The highest BCUT2D eigenvalue weighted by Gasteiger charge is 2.34. The standard InChI is InChI=1S/C9H13BrO2Si/c1-8-4-6-9(7-5-8)13(10,11-2)12-3/h4-7H,1-3H3. The van der Waals surface area contributed by atoms with E-state index in [-0.39, 0.29) is 0 Å². The summed E-state index contributed by atoms with van der Waals surface area (Å²) in [7, 11) is 1.03. The van der Waals surface area contributed by atoms with E-state index in [0.717, 1.165) is 5.19 Å². The summed E-state index contributed by atoms with van der Waals surface area (Å²) in [4.78, 5) is 0. The second-order valence-corrected chi connectivity index (χ2v) is 8.41. The van der Waals surface area contributed by atoms with Crippen LogP contribution in [0.5, 0.6) is 0 Å². The van der Waals surface area contributed by atoms with Crippen LogP contribution in [0.15, 0.2) is 24.3 Å². The molecule has 0 aliphatic carbocycles. The van der Waals surface area contributed by atoms with Crippen molar-refractivity contribution in [3.05, 3.63) is 29.8 Å². The van der Waals surface area contributed by atoms with Gasteiger partial charge in [-0.3, -0.25) is 0 Å².